The third-order valence-electron chi connectivity index (χ3n) is 4.08. The number of primary amides is 1. The monoisotopic (exact) mass is 374 g/mol. The maximum atomic E-state index is 12.7. The van der Waals surface area contributed by atoms with Crippen molar-refractivity contribution in [2.45, 2.75) is 50.2 Å². The van der Waals surface area contributed by atoms with Crippen LogP contribution in [0.1, 0.15) is 32.1 Å². The third kappa shape index (κ3) is 6.54. The zero-order valence-electron chi connectivity index (χ0n) is 14.3. The van der Waals surface area contributed by atoms with Crippen LogP contribution in [0.4, 0.5) is 0 Å². The molecule has 25 heavy (non-hydrogen) atoms. The van der Waals surface area contributed by atoms with Crippen LogP contribution in [-0.2, 0) is 19.2 Å². The molecule has 0 radical (unpaired) electrons. The minimum atomic E-state index is -1.08. The van der Waals surface area contributed by atoms with Crippen LogP contribution in [0.25, 0.3) is 0 Å². The van der Waals surface area contributed by atoms with E-state index in [2.05, 4.69) is 5.32 Å². The molecule has 0 spiro atoms. The van der Waals surface area contributed by atoms with Crippen molar-refractivity contribution in [1.29, 1.82) is 0 Å². The quantitative estimate of drug-likeness (QED) is 0.378. The van der Waals surface area contributed by atoms with E-state index in [1.165, 1.54) is 4.90 Å². The molecule has 0 saturated carbocycles. The van der Waals surface area contributed by atoms with Crippen LogP contribution in [0.15, 0.2) is 0 Å². The predicted molar refractivity (Wildman–Crippen MR) is 93.7 cm³/mol. The molecule has 3 unspecified atom stereocenters. The average molecular weight is 374 g/mol. The normalized spacial score (nSPS) is 19.3. The number of aliphatic carboxylic acids is 1. The van der Waals surface area contributed by atoms with E-state index < -0.39 is 41.8 Å². The minimum absolute atomic E-state index is 0.0119. The number of carboxylic acids is 1. The first kappa shape index (κ1) is 21.2. The Morgan fingerprint density at radius 2 is 2.00 bits per heavy atom. The van der Waals surface area contributed by atoms with Gasteiger partial charge in [-0.3, -0.25) is 14.4 Å². The molecule has 1 aliphatic rings. The van der Waals surface area contributed by atoms with E-state index in [1.807, 2.05) is 6.26 Å². The van der Waals surface area contributed by atoms with E-state index in [-0.39, 0.29) is 12.8 Å². The van der Waals surface area contributed by atoms with Crippen LogP contribution in [0.2, 0.25) is 0 Å². The fourth-order valence-corrected chi connectivity index (χ4v) is 3.18. The van der Waals surface area contributed by atoms with Gasteiger partial charge >= 0.3 is 5.97 Å². The average Bonchev–Trinajstić information content (AvgIpc) is 3.05. The van der Waals surface area contributed by atoms with Crippen molar-refractivity contribution in [3.8, 4) is 0 Å². The van der Waals surface area contributed by atoms with Gasteiger partial charge in [0.15, 0.2) is 0 Å². The lowest BCUT2D eigenvalue weighted by Crippen LogP contribution is -2.54. The Morgan fingerprint density at radius 1 is 1.32 bits per heavy atom. The lowest BCUT2D eigenvalue weighted by atomic mass is 10.1. The summed E-state index contributed by atoms with van der Waals surface area (Å²) in [4.78, 5) is 48.4. The smallest absolute Gasteiger partial charge is 0.326 e. The summed E-state index contributed by atoms with van der Waals surface area (Å²) < 4.78 is 0. The Balaban J connectivity index is 2.80. The number of carbonyl (C=O) groups is 4. The summed E-state index contributed by atoms with van der Waals surface area (Å²) >= 11 is 1.55. The highest BCUT2D eigenvalue weighted by Gasteiger charge is 2.37. The van der Waals surface area contributed by atoms with Gasteiger partial charge in [-0.1, -0.05) is 0 Å². The lowest BCUT2D eigenvalue weighted by Gasteiger charge is -2.28. The van der Waals surface area contributed by atoms with Crippen LogP contribution < -0.4 is 16.8 Å². The molecule has 3 atom stereocenters. The molecule has 6 N–H and O–H groups in total. The molecule has 1 saturated heterocycles. The van der Waals surface area contributed by atoms with Crippen LogP contribution >= 0.6 is 11.8 Å². The topological polar surface area (TPSA) is 156 Å². The van der Waals surface area contributed by atoms with E-state index in [9.17, 15) is 24.3 Å². The Hall–Kier alpha value is -1.81. The molecule has 0 aromatic heterocycles. The largest absolute Gasteiger partial charge is 0.480 e. The molecule has 142 valence electrons. The number of nitrogens with zero attached hydrogens (tertiary/aromatic N) is 1. The van der Waals surface area contributed by atoms with Crippen molar-refractivity contribution in [1.82, 2.24) is 10.2 Å². The number of nitrogens with two attached hydrogens (primary N) is 2. The second kappa shape index (κ2) is 10.2. The van der Waals surface area contributed by atoms with Gasteiger partial charge in [0.2, 0.25) is 17.7 Å². The summed E-state index contributed by atoms with van der Waals surface area (Å²) in [5.41, 5.74) is 10.9. The highest BCUT2D eigenvalue weighted by Crippen LogP contribution is 2.19. The molecule has 9 nitrogen and oxygen atoms in total. The first-order valence-corrected chi connectivity index (χ1v) is 9.53. The van der Waals surface area contributed by atoms with E-state index in [0.29, 0.717) is 31.6 Å². The molecule has 0 aromatic rings. The number of rotatable bonds is 10. The highest BCUT2D eigenvalue weighted by atomic mass is 32.2. The molecule has 0 aliphatic carbocycles. The lowest BCUT2D eigenvalue weighted by molar-refractivity contribution is -0.149. The fraction of sp³-hybridized carbons (Fsp3) is 0.733. The third-order valence-corrected chi connectivity index (χ3v) is 4.73. The number of hydrogen-bond acceptors (Lipinski definition) is 6. The number of nitrogens with one attached hydrogen (secondary N) is 1. The van der Waals surface area contributed by atoms with E-state index in [0.717, 1.165) is 0 Å². The minimum Gasteiger partial charge on any atom is -0.480 e. The van der Waals surface area contributed by atoms with Gasteiger partial charge in [-0.2, -0.15) is 11.8 Å². The van der Waals surface area contributed by atoms with Crippen molar-refractivity contribution in [3.63, 3.8) is 0 Å². The van der Waals surface area contributed by atoms with Crippen LogP contribution in [0, 0.1) is 0 Å². The van der Waals surface area contributed by atoms with Crippen LogP contribution in [-0.4, -0.2) is 70.4 Å². The van der Waals surface area contributed by atoms with Crippen molar-refractivity contribution in [3.05, 3.63) is 0 Å². The van der Waals surface area contributed by atoms with Crippen molar-refractivity contribution < 1.29 is 24.3 Å². The van der Waals surface area contributed by atoms with E-state index >= 15 is 0 Å². The van der Waals surface area contributed by atoms with Crippen molar-refractivity contribution >= 4 is 35.5 Å². The van der Waals surface area contributed by atoms with Gasteiger partial charge in [0.1, 0.15) is 12.1 Å². The van der Waals surface area contributed by atoms with Crippen LogP contribution in [0.3, 0.4) is 0 Å². The Bertz CT molecular complexity index is 516. The maximum Gasteiger partial charge on any atom is 0.326 e. The molecular formula is C15H26N4O5S. The Kier molecular flexibility index (Phi) is 8.70. The van der Waals surface area contributed by atoms with Gasteiger partial charge in [0.25, 0.3) is 0 Å². The molecule has 3 amide bonds. The Morgan fingerprint density at radius 3 is 2.56 bits per heavy atom. The number of thioether (sulfide) groups is 1. The molecule has 1 rings (SSSR count). The molecule has 1 aliphatic heterocycles. The summed E-state index contributed by atoms with van der Waals surface area (Å²) in [5, 5.41) is 11.8. The maximum absolute atomic E-state index is 12.7. The number of likely N-dealkylation sites (tertiary alicyclic amines) is 1. The summed E-state index contributed by atoms with van der Waals surface area (Å²) in [6.07, 6.45) is 3.20. The Labute approximate surface area is 150 Å². The predicted octanol–water partition coefficient (Wildman–Crippen LogP) is -1.11. The van der Waals surface area contributed by atoms with E-state index in [4.69, 9.17) is 11.5 Å². The molecule has 1 heterocycles. The molecular weight excluding hydrogens is 348 g/mol. The fourth-order valence-electron chi connectivity index (χ4n) is 2.69. The summed E-state index contributed by atoms with van der Waals surface area (Å²) in [5.74, 6) is -2.00. The van der Waals surface area contributed by atoms with Gasteiger partial charge in [-0.05, 0) is 37.7 Å². The first-order chi connectivity index (χ1) is 11.8. The highest BCUT2D eigenvalue weighted by molar-refractivity contribution is 7.98. The molecule has 0 bridgehead atoms. The second-order valence-corrected chi connectivity index (χ2v) is 6.97. The zero-order valence-corrected chi connectivity index (χ0v) is 15.1. The van der Waals surface area contributed by atoms with Gasteiger partial charge < -0.3 is 26.8 Å². The number of hydrogen-bond donors (Lipinski definition) is 4. The second-order valence-electron chi connectivity index (χ2n) is 5.98. The van der Waals surface area contributed by atoms with Gasteiger partial charge in [-0.25, -0.2) is 4.79 Å². The number of carboxylic acid groups (broad SMARTS) is 1. The summed E-state index contributed by atoms with van der Waals surface area (Å²) in [6.45, 7) is 0.303. The van der Waals surface area contributed by atoms with Gasteiger partial charge in [-0.15, -0.1) is 0 Å². The van der Waals surface area contributed by atoms with Gasteiger partial charge in [0.05, 0.1) is 6.04 Å². The van der Waals surface area contributed by atoms with Crippen molar-refractivity contribution in [2.75, 3.05) is 18.6 Å². The van der Waals surface area contributed by atoms with Crippen molar-refractivity contribution in [2.24, 2.45) is 11.5 Å². The van der Waals surface area contributed by atoms with Crippen LogP contribution in [0.5, 0.6) is 0 Å². The number of carbonyl (C=O) groups excluding carboxylic acids is 3. The standard InChI is InChI=1S/C15H26N4O5S/c1-25-8-6-9(16)13(21)18-10(4-5-12(17)20)14(22)19-7-2-3-11(19)15(23)24/h9-11H,2-8,16H2,1H3,(H2,17,20)(H,18,21)(H,23,24). The zero-order chi connectivity index (χ0) is 19.0. The molecule has 1 fully saturated rings. The number of amides is 3. The SMILES string of the molecule is CSCCC(N)C(=O)NC(CCC(N)=O)C(=O)N1CCCC1C(=O)O. The summed E-state index contributed by atoms with van der Waals surface area (Å²) in [7, 11) is 0. The van der Waals surface area contributed by atoms with E-state index in [1.54, 1.807) is 11.8 Å². The first-order valence-electron chi connectivity index (χ1n) is 8.14. The molecule has 10 heteroatoms. The molecule has 0 aromatic carbocycles. The summed E-state index contributed by atoms with van der Waals surface area (Å²) in [6, 6.07) is -2.70. The van der Waals surface area contributed by atoms with Gasteiger partial charge in [0, 0.05) is 13.0 Å².